The zero-order valence-electron chi connectivity index (χ0n) is 18.8. The molecule has 0 saturated heterocycles. The number of benzene rings is 1. The van der Waals surface area contributed by atoms with E-state index in [-0.39, 0.29) is 5.41 Å². The van der Waals surface area contributed by atoms with E-state index in [0.29, 0.717) is 23.5 Å². The van der Waals surface area contributed by atoms with Gasteiger partial charge in [0.25, 0.3) is 0 Å². The number of quaternary nitrogens is 1. The summed E-state index contributed by atoms with van der Waals surface area (Å²) in [6, 6.07) is 6.86. The molecule has 3 aliphatic carbocycles. The second kappa shape index (κ2) is 8.79. The predicted molar refractivity (Wildman–Crippen MR) is 118 cm³/mol. The lowest BCUT2D eigenvalue weighted by Crippen LogP contribution is -3.05. The molecule has 0 bridgehead atoms. The Labute approximate surface area is 177 Å². The van der Waals surface area contributed by atoms with Gasteiger partial charge in [-0.3, -0.25) is 4.79 Å². The van der Waals surface area contributed by atoms with Crippen LogP contribution in [0.15, 0.2) is 18.2 Å². The van der Waals surface area contributed by atoms with Crippen LogP contribution in [0.5, 0.6) is 5.75 Å². The van der Waals surface area contributed by atoms with E-state index in [0.717, 1.165) is 44.5 Å². The highest BCUT2D eigenvalue weighted by molar-refractivity contribution is 5.87. The lowest BCUT2D eigenvalue weighted by Gasteiger charge is -2.48. The minimum Gasteiger partial charge on any atom is -0.494 e. The third kappa shape index (κ3) is 4.26. The molecule has 1 aromatic rings. The lowest BCUT2D eigenvalue weighted by atomic mass is 9.55. The van der Waals surface area contributed by atoms with E-state index in [1.54, 1.807) is 10.5 Å². The third-order valence-corrected chi connectivity index (χ3v) is 8.25. The molecule has 0 heterocycles. The van der Waals surface area contributed by atoms with Crippen LogP contribution in [0.2, 0.25) is 0 Å². The first-order valence-corrected chi connectivity index (χ1v) is 12.1. The first kappa shape index (κ1) is 20.9. The Bertz CT molecular complexity index is 727. The first-order valence-electron chi connectivity index (χ1n) is 12.1. The number of hydrogen-bond acceptors (Lipinski definition) is 2. The van der Waals surface area contributed by atoms with Gasteiger partial charge >= 0.3 is 0 Å². The van der Waals surface area contributed by atoms with Gasteiger partial charge in [-0.05, 0) is 98.8 Å². The van der Waals surface area contributed by atoms with Crippen LogP contribution in [0, 0.1) is 17.3 Å². The van der Waals surface area contributed by atoms with Crippen LogP contribution in [-0.4, -0.2) is 33.0 Å². The van der Waals surface area contributed by atoms with Crippen molar-refractivity contribution in [2.75, 3.05) is 27.2 Å². The Balaban J connectivity index is 1.31. The molecule has 3 heteroatoms. The highest BCUT2D eigenvalue weighted by Crippen LogP contribution is 2.59. The second-order valence-electron chi connectivity index (χ2n) is 10.4. The molecule has 0 unspecified atom stereocenters. The Morgan fingerprint density at radius 2 is 1.90 bits per heavy atom. The van der Waals surface area contributed by atoms with Crippen LogP contribution >= 0.6 is 0 Å². The van der Waals surface area contributed by atoms with Gasteiger partial charge in [0.1, 0.15) is 11.5 Å². The van der Waals surface area contributed by atoms with Gasteiger partial charge < -0.3 is 9.64 Å². The van der Waals surface area contributed by atoms with Crippen molar-refractivity contribution >= 4 is 5.78 Å². The standard InChI is InChI=1S/C26H39NO2/c1-26-15-14-22-21-11-9-20(29-17-7-5-4-6-16-27(2)3)18-19(21)8-10-23(22)24(26)12-13-25(26)28/h9,11,18,22-24H,4-8,10,12-17H2,1-3H3/p+1/t22-,23+,24+,26-/m1/s1. The van der Waals surface area contributed by atoms with Gasteiger partial charge in [-0.2, -0.15) is 0 Å². The molecule has 3 nitrogen and oxygen atoms in total. The number of Topliss-reactive ketones (excluding diaryl/α,β-unsaturated/α-hetero) is 1. The van der Waals surface area contributed by atoms with Gasteiger partial charge in [0.05, 0.1) is 27.2 Å². The molecule has 160 valence electrons. The van der Waals surface area contributed by atoms with Crippen LogP contribution in [-0.2, 0) is 11.2 Å². The van der Waals surface area contributed by atoms with Crippen LogP contribution in [0.1, 0.15) is 81.8 Å². The summed E-state index contributed by atoms with van der Waals surface area (Å²) in [5.41, 5.74) is 3.04. The van der Waals surface area contributed by atoms with Gasteiger partial charge in [0.15, 0.2) is 0 Å². The highest BCUT2D eigenvalue weighted by Gasteiger charge is 2.54. The lowest BCUT2D eigenvalue weighted by molar-refractivity contribution is -0.858. The summed E-state index contributed by atoms with van der Waals surface area (Å²) < 4.78 is 6.09. The van der Waals surface area contributed by atoms with Gasteiger partial charge in [-0.15, -0.1) is 0 Å². The minimum absolute atomic E-state index is 0.0183. The van der Waals surface area contributed by atoms with Crippen molar-refractivity contribution in [3.05, 3.63) is 29.3 Å². The maximum absolute atomic E-state index is 12.5. The number of rotatable bonds is 8. The molecule has 3 aliphatic rings. The highest BCUT2D eigenvalue weighted by atomic mass is 16.5. The molecule has 0 amide bonds. The zero-order valence-corrected chi connectivity index (χ0v) is 18.8. The summed E-state index contributed by atoms with van der Waals surface area (Å²) in [7, 11) is 4.45. The van der Waals surface area contributed by atoms with Crippen molar-refractivity contribution in [2.45, 2.75) is 77.0 Å². The van der Waals surface area contributed by atoms with E-state index in [9.17, 15) is 4.79 Å². The molecule has 2 saturated carbocycles. The Morgan fingerprint density at radius 1 is 1.07 bits per heavy atom. The van der Waals surface area contributed by atoms with Crippen LogP contribution < -0.4 is 9.64 Å². The van der Waals surface area contributed by atoms with Crippen molar-refractivity contribution in [3.8, 4) is 5.75 Å². The fourth-order valence-electron chi connectivity index (χ4n) is 6.54. The normalized spacial score (nSPS) is 30.8. The number of carbonyl (C=O) groups excluding carboxylic acids is 1. The first-order chi connectivity index (χ1) is 14.0. The summed E-state index contributed by atoms with van der Waals surface area (Å²) >= 11 is 0. The van der Waals surface area contributed by atoms with Crippen LogP contribution in [0.4, 0.5) is 0 Å². The van der Waals surface area contributed by atoms with Crippen molar-refractivity contribution in [2.24, 2.45) is 17.3 Å². The molecule has 4 rings (SSSR count). The smallest absolute Gasteiger partial charge is 0.139 e. The number of nitrogens with one attached hydrogen (secondary N) is 1. The van der Waals surface area contributed by atoms with Crippen molar-refractivity contribution in [1.82, 2.24) is 0 Å². The molecule has 0 aliphatic heterocycles. The molecule has 4 atom stereocenters. The summed E-state index contributed by atoms with van der Waals surface area (Å²) in [5, 5.41) is 0. The van der Waals surface area contributed by atoms with E-state index in [1.165, 1.54) is 44.2 Å². The topological polar surface area (TPSA) is 30.7 Å². The van der Waals surface area contributed by atoms with Crippen molar-refractivity contribution in [1.29, 1.82) is 0 Å². The number of hydrogen-bond donors (Lipinski definition) is 1. The zero-order chi connectivity index (χ0) is 20.4. The number of carbonyl (C=O) groups is 1. The summed E-state index contributed by atoms with van der Waals surface area (Å²) in [6.07, 6.45) is 11.7. The van der Waals surface area contributed by atoms with Gasteiger partial charge in [-0.1, -0.05) is 13.0 Å². The molecule has 0 spiro atoms. The number of fused-ring (bicyclic) bond motifs is 5. The number of ether oxygens (including phenoxy) is 1. The summed E-state index contributed by atoms with van der Waals surface area (Å²) in [5.74, 6) is 3.58. The summed E-state index contributed by atoms with van der Waals surface area (Å²) in [6.45, 7) is 4.36. The maximum Gasteiger partial charge on any atom is 0.139 e. The van der Waals surface area contributed by atoms with Crippen molar-refractivity contribution < 1.29 is 14.4 Å². The number of ketones is 1. The van der Waals surface area contributed by atoms with Gasteiger partial charge in [-0.25, -0.2) is 0 Å². The van der Waals surface area contributed by atoms with Crippen molar-refractivity contribution in [3.63, 3.8) is 0 Å². The SMILES string of the molecule is C[NH+](C)CCCCCCOc1ccc2c(c1)CC[C@H]1[C@@H]2CC[C@@]2(C)C(=O)CC[C@@H]12. The number of aryl methyl sites for hydroxylation is 1. The average Bonchev–Trinajstić information content (AvgIpc) is 3.01. The largest absolute Gasteiger partial charge is 0.494 e. The van der Waals surface area contributed by atoms with Gasteiger partial charge in [0, 0.05) is 11.8 Å². The van der Waals surface area contributed by atoms with E-state index < -0.39 is 0 Å². The Hall–Kier alpha value is -1.35. The Morgan fingerprint density at radius 3 is 2.72 bits per heavy atom. The molecular weight excluding hydrogens is 358 g/mol. The third-order valence-electron chi connectivity index (χ3n) is 8.25. The minimum atomic E-state index is -0.0183. The van der Waals surface area contributed by atoms with Gasteiger partial charge in [0.2, 0.25) is 0 Å². The second-order valence-corrected chi connectivity index (χ2v) is 10.4. The molecule has 0 aromatic heterocycles. The number of unbranched alkanes of at least 4 members (excludes halogenated alkanes) is 3. The molecule has 0 radical (unpaired) electrons. The van der Waals surface area contributed by atoms with E-state index in [2.05, 4.69) is 39.2 Å². The van der Waals surface area contributed by atoms with Crippen LogP contribution in [0.3, 0.4) is 0 Å². The van der Waals surface area contributed by atoms with E-state index in [1.807, 2.05) is 0 Å². The molecule has 1 N–H and O–H groups in total. The van der Waals surface area contributed by atoms with E-state index >= 15 is 0 Å². The molecule has 1 aromatic carbocycles. The molecule has 29 heavy (non-hydrogen) atoms. The fraction of sp³-hybridized carbons (Fsp3) is 0.731. The molecule has 2 fully saturated rings. The van der Waals surface area contributed by atoms with Crippen LogP contribution in [0.25, 0.3) is 0 Å². The Kier molecular flexibility index (Phi) is 6.34. The quantitative estimate of drug-likeness (QED) is 0.666. The average molecular weight is 399 g/mol. The monoisotopic (exact) mass is 398 g/mol. The molecular formula is C26H40NO2+. The maximum atomic E-state index is 12.5. The summed E-state index contributed by atoms with van der Waals surface area (Å²) in [4.78, 5) is 14.0. The van der Waals surface area contributed by atoms with E-state index in [4.69, 9.17) is 4.74 Å². The predicted octanol–water partition coefficient (Wildman–Crippen LogP) is 4.20. The fourth-order valence-corrected chi connectivity index (χ4v) is 6.54.